The third kappa shape index (κ3) is 13.0. The van der Waals surface area contributed by atoms with E-state index in [1.54, 1.807) is 0 Å². The normalized spacial score (nSPS) is 11.8. The number of benzene rings is 1. The molecule has 1 rings (SSSR count). The third-order valence-electron chi connectivity index (χ3n) is 4.86. The fourth-order valence-corrected chi connectivity index (χ4v) is 4.97. The maximum Gasteiger partial charge on any atom is 0.335 e. The second-order valence-electron chi connectivity index (χ2n) is 7.60. The molecule has 0 atom stereocenters. The Balaban J connectivity index is 2.42. The molecular formula is C23H40ClO3P. The lowest BCUT2D eigenvalue weighted by Gasteiger charge is -2.19. The molecule has 0 fully saturated rings. The highest BCUT2D eigenvalue weighted by atomic mass is 35.5. The van der Waals surface area contributed by atoms with Crippen LogP contribution in [-0.4, -0.2) is 13.2 Å². The first kappa shape index (κ1) is 25.7. The van der Waals surface area contributed by atoms with Gasteiger partial charge in [0.1, 0.15) is 0 Å². The molecule has 0 aliphatic rings. The quantitative estimate of drug-likeness (QED) is 0.172. The Morgan fingerprint density at radius 3 is 1.61 bits per heavy atom. The van der Waals surface area contributed by atoms with E-state index in [2.05, 4.69) is 13.8 Å². The summed E-state index contributed by atoms with van der Waals surface area (Å²) in [6.07, 6.45) is 14.5. The minimum absolute atomic E-state index is 0.315. The smallest absolute Gasteiger partial charge is 0.308 e. The summed E-state index contributed by atoms with van der Waals surface area (Å²) in [5.74, 6) is 0. The summed E-state index contributed by atoms with van der Waals surface area (Å²) in [7, 11) is -3.12. The van der Waals surface area contributed by atoms with Crippen LogP contribution in [0.3, 0.4) is 0 Å². The van der Waals surface area contributed by atoms with E-state index < -0.39 is 7.60 Å². The van der Waals surface area contributed by atoms with E-state index in [0.29, 0.717) is 24.4 Å². The van der Waals surface area contributed by atoms with Crippen molar-refractivity contribution in [2.24, 2.45) is 0 Å². The molecule has 28 heavy (non-hydrogen) atoms. The van der Waals surface area contributed by atoms with E-state index in [9.17, 15) is 4.57 Å². The molecule has 1 aromatic carbocycles. The lowest BCUT2D eigenvalue weighted by atomic mass is 10.1. The van der Waals surface area contributed by atoms with Crippen LogP contribution >= 0.6 is 19.2 Å². The van der Waals surface area contributed by atoms with Crippen LogP contribution in [0.15, 0.2) is 24.3 Å². The molecule has 0 aliphatic heterocycles. The van der Waals surface area contributed by atoms with Crippen molar-refractivity contribution in [1.29, 1.82) is 0 Å². The minimum atomic E-state index is -3.12. The van der Waals surface area contributed by atoms with Crippen LogP contribution in [0.4, 0.5) is 0 Å². The maximum absolute atomic E-state index is 13.3. The molecule has 3 nitrogen and oxygen atoms in total. The lowest BCUT2D eigenvalue weighted by molar-refractivity contribution is 0.196. The summed E-state index contributed by atoms with van der Waals surface area (Å²) < 4.78 is 24.9. The predicted octanol–water partition coefficient (Wildman–Crippen LogP) is 8.79. The van der Waals surface area contributed by atoms with Crippen molar-refractivity contribution < 1.29 is 13.6 Å². The molecule has 0 saturated heterocycles. The molecule has 0 N–H and O–H groups in total. The lowest BCUT2D eigenvalue weighted by Crippen LogP contribution is -2.02. The van der Waals surface area contributed by atoms with E-state index in [1.165, 1.54) is 51.4 Å². The molecule has 0 unspecified atom stereocenters. The van der Waals surface area contributed by atoms with E-state index in [4.69, 9.17) is 20.6 Å². The third-order valence-corrected chi connectivity index (χ3v) is 7.02. The number of hydrogen-bond acceptors (Lipinski definition) is 3. The first-order valence-corrected chi connectivity index (χ1v) is 13.3. The van der Waals surface area contributed by atoms with E-state index in [1.807, 2.05) is 24.3 Å². The summed E-state index contributed by atoms with van der Waals surface area (Å²) in [5, 5.41) is 0.680. The van der Waals surface area contributed by atoms with Gasteiger partial charge in [0.15, 0.2) is 0 Å². The first-order chi connectivity index (χ1) is 13.6. The van der Waals surface area contributed by atoms with Gasteiger partial charge in [-0.2, -0.15) is 0 Å². The van der Waals surface area contributed by atoms with Gasteiger partial charge in [-0.05, 0) is 30.5 Å². The van der Waals surface area contributed by atoms with Gasteiger partial charge in [0.2, 0.25) is 0 Å². The van der Waals surface area contributed by atoms with Gasteiger partial charge in [-0.3, -0.25) is 4.57 Å². The molecule has 0 amide bonds. The molecule has 0 aliphatic carbocycles. The monoisotopic (exact) mass is 430 g/mol. The summed E-state index contributed by atoms with van der Waals surface area (Å²) >= 11 is 5.96. The zero-order chi connectivity index (χ0) is 20.5. The number of halogens is 1. The van der Waals surface area contributed by atoms with Gasteiger partial charge in [0.25, 0.3) is 0 Å². The maximum atomic E-state index is 13.3. The standard InChI is InChI=1S/C23H40ClO3P/c1-3-5-7-9-11-13-19-26-28(25,21-22-15-17-23(24)18-16-22)27-20-14-12-10-8-6-4-2/h15-18H,3-14,19-21H2,1-2H3. The Morgan fingerprint density at radius 1 is 0.714 bits per heavy atom. The van der Waals surface area contributed by atoms with Gasteiger partial charge in [-0.25, -0.2) is 0 Å². The fraction of sp³-hybridized carbons (Fsp3) is 0.739. The van der Waals surface area contributed by atoms with Gasteiger partial charge in [0, 0.05) is 5.02 Å². The highest BCUT2D eigenvalue weighted by Gasteiger charge is 2.25. The number of hydrogen-bond donors (Lipinski definition) is 0. The van der Waals surface area contributed by atoms with Gasteiger partial charge in [-0.1, -0.05) is 102 Å². The van der Waals surface area contributed by atoms with E-state index in [0.717, 1.165) is 31.2 Å². The van der Waals surface area contributed by atoms with Crippen molar-refractivity contribution >= 4 is 19.2 Å². The SMILES string of the molecule is CCCCCCCCOP(=O)(Cc1ccc(Cl)cc1)OCCCCCCCC. The summed E-state index contributed by atoms with van der Waals surface area (Å²) in [6.45, 7) is 5.45. The van der Waals surface area contributed by atoms with Gasteiger partial charge in [-0.15, -0.1) is 0 Å². The van der Waals surface area contributed by atoms with E-state index in [-0.39, 0.29) is 0 Å². The van der Waals surface area contributed by atoms with Crippen molar-refractivity contribution in [2.75, 3.05) is 13.2 Å². The minimum Gasteiger partial charge on any atom is -0.308 e. The van der Waals surface area contributed by atoms with Crippen molar-refractivity contribution in [3.63, 3.8) is 0 Å². The van der Waals surface area contributed by atoms with Crippen LogP contribution in [0.2, 0.25) is 5.02 Å². The highest BCUT2D eigenvalue weighted by Crippen LogP contribution is 2.51. The summed E-state index contributed by atoms with van der Waals surface area (Å²) in [6, 6.07) is 7.44. The van der Waals surface area contributed by atoms with Crippen LogP contribution in [0, 0.1) is 0 Å². The topological polar surface area (TPSA) is 35.5 Å². The fourth-order valence-electron chi connectivity index (χ4n) is 3.11. The van der Waals surface area contributed by atoms with Crippen molar-refractivity contribution in [3.8, 4) is 0 Å². The van der Waals surface area contributed by atoms with Crippen molar-refractivity contribution in [2.45, 2.75) is 97.1 Å². The van der Waals surface area contributed by atoms with Crippen LogP contribution in [0.1, 0.15) is 96.5 Å². The van der Waals surface area contributed by atoms with Gasteiger partial charge >= 0.3 is 7.60 Å². The van der Waals surface area contributed by atoms with Crippen LogP contribution in [0.25, 0.3) is 0 Å². The summed E-state index contributed by atoms with van der Waals surface area (Å²) in [4.78, 5) is 0. The molecule has 0 heterocycles. The van der Waals surface area contributed by atoms with Gasteiger partial charge < -0.3 is 9.05 Å². The molecule has 162 valence electrons. The van der Waals surface area contributed by atoms with Crippen LogP contribution in [0.5, 0.6) is 0 Å². The average Bonchev–Trinajstić information content (AvgIpc) is 2.68. The van der Waals surface area contributed by atoms with Crippen LogP contribution in [-0.2, 0) is 19.8 Å². The zero-order valence-electron chi connectivity index (χ0n) is 18.0. The Labute approximate surface area is 178 Å². The Bertz CT molecular complexity index is 511. The Hall–Kier alpha value is -0.340. The number of unbranched alkanes of at least 4 members (excludes halogenated alkanes) is 10. The highest BCUT2D eigenvalue weighted by molar-refractivity contribution is 7.53. The van der Waals surface area contributed by atoms with Crippen molar-refractivity contribution in [1.82, 2.24) is 0 Å². The largest absolute Gasteiger partial charge is 0.335 e. The van der Waals surface area contributed by atoms with Crippen molar-refractivity contribution in [3.05, 3.63) is 34.9 Å². The average molecular weight is 431 g/mol. The number of rotatable bonds is 18. The second-order valence-corrected chi connectivity index (χ2v) is 10.1. The second kappa shape index (κ2) is 16.5. The summed E-state index contributed by atoms with van der Waals surface area (Å²) in [5.41, 5.74) is 0.943. The molecular weight excluding hydrogens is 391 g/mol. The van der Waals surface area contributed by atoms with Crippen LogP contribution < -0.4 is 0 Å². The Morgan fingerprint density at radius 2 is 1.14 bits per heavy atom. The molecule has 0 saturated carbocycles. The van der Waals surface area contributed by atoms with Gasteiger partial charge in [0.05, 0.1) is 19.4 Å². The molecule has 1 aromatic rings. The molecule has 5 heteroatoms. The molecule has 0 aromatic heterocycles. The molecule has 0 bridgehead atoms. The first-order valence-electron chi connectivity index (χ1n) is 11.2. The zero-order valence-corrected chi connectivity index (χ0v) is 19.6. The predicted molar refractivity (Wildman–Crippen MR) is 121 cm³/mol. The Kier molecular flexibility index (Phi) is 15.1. The molecule has 0 spiro atoms. The van der Waals surface area contributed by atoms with E-state index >= 15 is 0 Å². The molecule has 0 radical (unpaired) electrons.